The molecule has 0 unspecified atom stereocenters. The molecule has 0 amide bonds. The van der Waals surface area contributed by atoms with E-state index in [2.05, 4.69) is 15.5 Å². The number of hydrogen-bond donors (Lipinski definition) is 1. The quantitative estimate of drug-likeness (QED) is 0.666. The van der Waals surface area contributed by atoms with Crippen LogP contribution in [0.3, 0.4) is 0 Å². The average molecular weight is 198 g/mol. The van der Waals surface area contributed by atoms with E-state index >= 15 is 0 Å². The van der Waals surface area contributed by atoms with Crippen LogP contribution in [0.5, 0.6) is 0 Å². The van der Waals surface area contributed by atoms with Crippen LogP contribution in [0.4, 0.5) is 0 Å². The Bertz CT molecular complexity index is 272. The van der Waals surface area contributed by atoms with Gasteiger partial charge in [-0.05, 0) is 19.9 Å². The summed E-state index contributed by atoms with van der Waals surface area (Å²) < 4.78 is 6.94. The maximum Gasteiger partial charge on any atom is 0.146 e. The van der Waals surface area contributed by atoms with Crippen molar-refractivity contribution in [2.24, 2.45) is 7.05 Å². The second kappa shape index (κ2) is 5.72. The number of nitrogens with zero attached hydrogens (tertiary/aromatic N) is 3. The van der Waals surface area contributed by atoms with E-state index in [0.717, 1.165) is 37.8 Å². The van der Waals surface area contributed by atoms with Crippen molar-refractivity contribution < 1.29 is 4.74 Å². The molecule has 0 aromatic carbocycles. The summed E-state index contributed by atoms with van der Waals surface area (Å²) in [6, 6.07) is 0. The fourth-order valence-corrected chi connectivity index (χ4v) is 1.15. The summed E-state index contributed by atoms with van der Waals surface area (Å²) in [5.41, 5.74) is 0. The van der Waals surface area contributed by atoms with Crippen LogP contribution in [-0.4, -0.2) is 35.0 Å². The van der Waals surface area contributed by atoms with Crippen LogP contribution in [0.2, 0.25) is 0 Å². The topological polar surface area (TPSA) is 52.0 Å². The van der Waals surface area contributed by atoms with Gasteiger partial charge in [0, 0.05) is 20.8 Å². The molecule has 0 aliphatic carbocycles. The van der Waals surface area contributed by atoms with Crippen molar-refractivity contribution in [3.8, 4) is 0 Å². The molecule has 0 spiro atoms. The van der Waals surface area contributed by atoms with Gasteiger partial charge >= 0.3 is 0 Å². The van der Waals surface area contributed by atoms with E-state index in [1.807, 2.05) is 18.5 Å². The van der Waals surface area contributed by atoms with Crippen LogP contribution in [0.25, 0.3) is 0 Å². The summed E-state index contributed by atoms with van der Waals surface area (Å²) in [7, 11) is 3.69. The molecule has 1 aromatic rings. The molecule has 1 heterocycles. The third kappa shape index (κ3) is 3.08. The van der Waals surface area contributed by atoms with Crippen molar-refractivity contribution in [1.82, 2.24) is 20.1 Å². The van der Waals surface area contributed by atoms with Crippen LogP contribution >= 0.6 is 0 Å². The van der Waals surface area contributed by atoms with E-state index in [4.69, 9.17) is 4.74 Å². The van der Waals surface area contributed by atoms with Crippen molar-refractivity contribution in [2.45, 2.75) is 19.9 Å². The molecule has 1 aromatic heterocycles. The predicted molar refractivity (Wildman–Crippen MR) is 53.9 cm³/mol. The van der Waals surface area contributed by atoms with E-state index in [1.54, 1.807) is 7.11 Å². The number of methoxy groups -OCH3 is 1. The first-order valence-electron chi connectivity index (χ1n) is 4.80. The minimum atomic E-state index is 0.765. The monoisotopic (exact) mass is 198 g/mol. The normalized spacial score (nSPS) is 10.8. The van der Waals surface area contributed by atoms with Gasteiger partial charge in [-0.3, -0.25) is 0 Å². The molecule has 5 heteroatoms. The van der Waals surface area contributed by atoms with Crippen molar-refractivity contribution in [1.29, 1.82) is 0 Å². The van der Waals surface area contributed by atoms with Crippen LogP contribution in [0, 0.1) is 6.92 Å². The molecule has 5 nitrogen and oxygen atoms in total. The molecule has 0 radical (unpaired) electrons. The molecule has 0 saturated heterocycles. The lowest BCUT2D eigenvalue weighted by Crippen LogP contribution is -2.18. The summed E-state index contributed by atoms with van der Waals surface area (Å²) in [6.45, 7) is 4.45. The summed E-state index contributed by atoms with van der Waals surface area (Å²) in [6.07, 6.45) is 1.02. The molecule has 1 rings (SSSR count). The first kappa shape index (κ1) is 11.1. The van der Waals surface area contributed by atoms with Crippen molar-refractivity contribution in [2.75, 3.05) is 20.3 Å². The van der Waals surface area contributed by atoms with Gasteiger partial charge in [-0.15, -0.1) is 10.2 Å². The zero-order valence-electron chi connectivity index (χ0n) is 9.08. The molecule has 14 heavy (non-hydrogen) atoms. The molecule has 0 atom stereocenters. The Labute approximate surface area is 84.5 Å². The first-order valence-corrected chi connectivity index (χ1v) is 4.80. The predicted octanol–water partition coefficient (Wildman–Crippen LogP) is 0.250. The number of rotatable bonds is 6. The van der Waals surface area contributed by atoms with Gasteiger partial charge in [0.2, 0.25) is 0 Å². The lowest BCUT2D eigenvalue weighted by Gasteiger charge is -2.03. The van der Waals surface area contributed by atoms with Crippen LogP contribution in [-0.2, 0) is 18.3 Å². The SMILES string of the molecule is COCCCNCc1nnc(C)n1C. The molecule has 1 N–H and O–H groups in total. The first-order chi connectivity index (χ1) is 6.75. The fraction of sp³-hybridized carbons (Fsp3) is 0.778. The third-order valence-corrected chi connectivity index (χ3v) is 2.17. The highest BCUT2D eigenvalue weighted by atomic mass is 16.5. The van der Waals surface area contributed by atoms with Crippen molar-refractivity contribution in [3.05, 3.63) is 11.6 Å². The van der Waals surface area contributed by atoms with Crippen molar-refractivity contribution in [3.63, 3.8) is 0 Å². The minimum absolute atomic E-state index is 0.765. The largest absolute Gasteiger partial charge is 0.385 e. The van der Waals surface area contributed by atoms with E-state index in [1.165, 1.54) is 0 Å². The van der Waals surface area contributed by atoms with Gasteiger partial charge in [0.1, 0.15) is 11.6 Å². The summed E-state index contributed by atoms with van der Waals surface area (Å²) in [5.74, 6) is 1.92. The summed E-state index contributed by atoms with van der Waals surface area (Å²) in [4.78, 5) is 0. The van der Waals surface area contributed by atoms with Gasteiger partial charge < -0.3 is 14.6 Å². The second-order valence-electron chi connectivity index (χ2n) is 3.25. The number of nitrogens with one attached hydrogen (secondary N) is 1. The maximum atomic E-state index is 4.95. The fourth-order valence-electron chi connectivity index (χ4n) is 1.15. The molecule has 80 valence electrons. The van der Waals surface area contributed by atoms with Crippen LogP contribution < -0.4 is 5.32 Å². The highest BCUT2D eigenvalue weighted by molar-refractivity contribution is 4.91. The Kier molecular flexibility index (Phi) is 4.55. The van der Waals surface area contributed by atoms with Gasteiger partial charge in [-0.1, -0.05) is 0 Å². The Morgan fingerprint density at radius 1 is 1.43 bits per heavy atom. The molecule has 0 fully saturated rings. The van der Waals surface area contributed by atoms with E-state index < -0.39 is 0 Å². The van der Waals surface area contributed by atoms with Gasteiger partial charge in [0.15, 0.2) is 0 Å². The third-order valence-electron chi connectivity index (χ3n) is 2.17. The van der Waals surface area contributed by atoms with Crippen LogP contribution in [0.15, 0.2) is 0 Å². The Morgan fingerprint density at radius 2 is 2.21 bits per heavy atom. The van der Waals surface area contributed by atoms with E-state index in [9.17, 15) is 0 Å². The summed E-state index contributed by atoms with van der Waals surface area (Å²) in [5, 5.41) is 11.3. The summed E-state index contributed by atoms with van der Waals surface area (Å²) >= 11 is 0. The molecule has 0 aliphatic rings. The lowest BCUT2D eigenvalue weighted by atomic mass is 10.4. The van der Waals surface area contributed by atoms with Crippen molar-refractivity contribution >= 4 is 0 Å². The van der Waals surface area contributed by atoms with Gasteiger partial charge in [0.05, 0.1) is 6.54 Å². The zero-order valence-corrected chi connectivity index (χ0v) is 9.08. The second-order valence-corrected chi connectivity index (χ2v) is 3.25. The zero-order chi connectivity index (χ0) is 10.4. The molecule has 0 aliphatic heterocycles. The van der Waals surface area contributed by atoms with Gasteiger partial charge in [0.25, 0.3) is 0 Å². The lowest BCUT2D eigenvalue weighted by molar-refractivity contribution is 0.194. The minimum Gasteiger partial charge on any atom is -0.385 e. The van der Waals surface area contributed by atoms with Gasteiger partial charge in [-0.25, -0.2) is 0 Å². The Balaban J connectivity index is 2.21. The van der Waals surface area contributed by atoms with E-state index in [0.29, 0.717) is 0 Å². The average Bonchev–Trinajstić information content (AvgIpc) is 2.49. The molecule has 0 bridgehead atoms. The van der Waals surface area contributed by atoms with Crippen LogP contribution in [0.1, 0.15) is 18.1 Å². The number of aryl methyl sites for hydroxylation is 1. The highest BCUT2D eigenvalue weighted by Gasteiger charge is 2.02. The van der Waals surface area contributed by atoms with E-state index in [-0.39, 0.29) is 0 Å². The smallest absolute Gasteiger partial charge is 0.146 e. The molecular formula is C9H18N4O. The highest BCUT2D eigenvalue weighted by Crippen LogP contribution is 1.96. The number of ether oxygens (including phenoxy) is 1. The Morgan fingerprint density at radius 3 is 2.79 bits per heavy atom. The molecule has 0 saturated carbocycles. The maximum absolute atomic E-state index is 4.95. The standard InChI is InChI=1S/C9H18N4O/c1-8-11-12-9(13(8)2)7-10-5-4-6-14-3/h10H,4-7H2,1-3H3. The van der Waals surface area contributed by atoms with Gasteiger partial charge in [-0.2, -0.15) is 0 Å². The molecular weight excluding hydrogens is 180 g/mol. The Hall–Kier alpha value is -0.940. The number of aromatic nitrogens is 3. The number of hydrogen-bond acceptors (Lipinski definition) is 4.